The largest absolute Gasteiger partial charge is 0.334 e. The number of hydrogen-bond acceptors (Lipinski definition) is 4. The average Bonchev–Trinajstić information content (AvgIpc) is 3.21. The second-order valence-electron chi connectivity index (χ2n) is 6.61. The maximum absolute atomic E-state index is 5.02. The van der Waals surface area contributed by atoms with Gasteiger partial charge in [0.2, 0.25) is 0 Å². The number of hydrogen-bond donors (Lipinski definition) is 0. The van der Waals surface area contributed by atoms with Crippen molar-refractivity contribution < 1.29 is 0 Å². The number of likely N-dealkylation sites (tertiary alicyclic amines) is 1. The molecule has 2 aliphatic rings. The van der Waals surface area contributed by atoms with Crippen LogP contribution in [-0.2, 0) is 33.5 Å². The van der Waals surface area contributed by atoms with Crippen LogP contribution in [-0.4, -0.2) is 36.0 Å². The predicted octanol–water partition coefficient (Wildman–Crippen LogP) is 1.76. The number of imidazole rings is 1. The molecule has 2 aromatic rings. The Morgan fingerprint density at radius 2 is 2.05 bits per heavy atom. The van der Waals surface area contributed by atoms with Gasteiger partial charge in [0.1, 0.15) is 5.82 Å². The molecule has 2 aromatic heterocycles. The number of aryl methyl sites for hydroxylation is 2. The standard InChI is InChI=1S/C16H24N6/c1-20-14-7-4-3-6-13(14)18-16(20)15-8-5-9-22(15)11-12-10-17-19-21(12)2/h10,15H,3-9,11H2,1-2H3/t15-/m0/s1. The van der Waals surface area contributed by atoms with E-state index in [2.05, 4.69) is 26.8 Å². The third-order valence-electron chi connectivity index (χ3n) is 5.24. The summed E-state index contributed by atoms with van der Waals surface area (Å²) in [5.41, 5.74) is 3.99. The van der Waals surface area contributed by atoms with E-state index in [9.17, 15) is 0 Å². The van der Waals surface area contributed by atoms with Crippen LogP contribution in [0.3, 0.4) is 0 Å². The van der Waals surface area contributed by atoms with Crippen molar-refractivity contribution >= 4 is 0 Å². The van der Waals surface area contributed by atoms with Crippen molar-refractivity contribution in [3.63, 3.8) is 0 Å². The number of nitrogens with zero attached hydrogens (tertiary/aromatic N) is 6. The molecule has 6 heteroatoms. The second kappa shape index (κ2) is 5.50. The van der Waals surface area contributed by atoms with Crippen molar-refractivity contribution in [1.29, 1.82) is 0 Å². The summed E-state index contributed by atoms with van der Waals surface area (Å²) in [6, 6.07) is 0.436. The summed E-state index contributed by atoms with van der Waals surface area (Å²) >= 11 is 0. The van der Waals surface area contributed by atoms with Gasteiger partial charge in [-0.15, -0.1) is 5.10 Å². The summed E-state index contributed by atoms with van der Waals surface area (Å²) in [5, 5.41) is 8.04. The summed E-state index contributed by atoms with van der Waals surface area (Å²) in [6.07, 6.45) is 9.26. The fourth-order valence-electron chi connectivity index (χ4n) is 3.97. The summed E-state index contributed by atoms with van der Waals surface area (Å²) in [4.78, 5) is 7.55. The van der Waals surface area contributed by atoms with Gasteiger partial charge in [0.25, 0.3) is 0 Å². The summed E-state index contributed by atoms with van der Waals surface area (Å²) in [5.74, 6) is 1.26. The highest BCUT2D eigenvalue weighted by atomic mass is 15.4. The molecular weight excluding hydrogens is 276 g/mol. The molecule has 1 fully saturated rings. The van der Waals surface area contributed by atoms with Gasteiger partial charge in [-0.05, 0) is 45.1 Å². The molecule has 0 spiro atoms. The smallest absolute Gasteiger partial charge is 0.126 e. The van der Waals surface area contributed by atoms with Crippen LogP contribution < -0.4 is 0 Å². The van der Waals surface area contributed by atoms with Crippen molar-refractivity contribution in [2.45, 2.75) is 51.1 Å². The zero-order valence-corrected chi connectivity index (χ0v) is 13.5. The fourth-order valence-corrected chi connectivity index (χ4v) is 3.97. The van der Waals surface area contributed by atoms with Crippen LogP contribution in [0.2, 0.25) is 0 Å². The molecule has 0 saturated carbocycles. The van der Waals surface area contributed by atoms with E-state index in [-0.39, 0.29) is 0 Å². The molecule has 22 heavy (non-hydrogen) atoms. The lowest BCUT2D eigenvalue weighted by atomic mass is 10.0. The molecule has 3 heterocycles. The Hall–Kier alpha value is -1.69. The van der Waals surface area contributed by atoms with Gasteiger partial charge in [0.05, 0.1) is 23.6 Å². The first-order valence-electron chi connectivity index (χ1n) is 8.36. The van der Waals surface area contributed by atoms with Gasteiger partial charge < -0.3 is 4.57 Å². The minimum absolute atomic E-state index is 0.436. The van der Waals surface area contributed by atoms with E-state index < -0.39 is 0 Å². The van der Waals surface area contributed by atoms with E-state index in [0.717, 1.165) is 19.5 Å². The van der Waals surface area contributed by atoms with E-state index in [1.807, 2.05) is 17.9 Å². The quantitative estimate of drug-likeness (QED) is 0.867. The van der Waals surface area contributed by atoms with Crippen molar-refractivity contribution in [2.24, 2.45) is 14.1 Å². The lowest BCUT2D eigenvalue weighted by Gasteiger charge is -2.24. The van der Waals surface area contributed by atoms with Crippen molar-refractivity contribution in [3.8, 4) is 0 Å². The van der Waals surface area contributed by atoms with E-state index in [4.69, 9.17) is 4.98 Å². The molecule has 6 nitrogen and oxygen atoms in total. The number of aromatic nitrogens is 5. The Kier molecular flexibility index (Phi) is 3.48. The highest BCUT2D eigenvalue weighted by molar-refractivity contribution is 5.22. The van der Waals surface area contributed by atoms with Crippen LogP contribution in [0.1, 0.15) is 54.6 Å². The molecule has 0 N–H and O–H groups in total. The zero-order chi connectivity index (χ0) is 15.1. The normalized spacial score (nSPS) is 22.2. The first-order chi connectivity index (χ1) is 10.7. The maximum atomic E-state index is 5.02. The SMILES string of the molecule is Cn1nncc1CN1CCC[C@H]1c1nc2c(n1C)CCCC2. The second-order valence-corrected chi connectivity index (χ2v) is 6.61. The molecular formula is C16H24N6. The van der Waals surface area contributed by atoms with Crippen LogP contribution in [0.4, 0.5) is 0 Å². The molecule has 1 aliphatic carbocycles. The third-order valence-corrected chi connectivity index (χ3v) is 5.24. The Labute approximate surface area is 131 Å². The van der Waals surface area contributed by atoms with Crippen molar-refractivity contribution in [2.75, 3.05) is 6.54 Å². The Balaban J connectivity index is 1.61. The van der Waals surface area contributed by atoms with E-state index >= 15 is 0 Å². The first-order valence-corrected chi connectivity index (χ1v) is 8.36. The van der Waals surface area contributed by atoms with Crippen LogP contribution in [0.25, 0.3) is 0 Å². The molecule has 4 rings (SSSR count). The van der Waals surface area contributed by atoms with Gasteiger partial charge in [-0.3, -0.25) is 9.58 Å². The molecule has 0 unspecified atom stereocenters. The Bertz CT molecular complexity index is 670. The van der Waals surface area contributed by atoms with Gasteiger partial charge in [-0.1, -0.05) is 5.21 Å². The third kappa shape index (κ3) is 2.26. The molecule has 0 bridgehead atoms. The van der Waals surface area contributed by atoms with Crippen LogP contribution in [0.5, 0.6) is 0 Å². The van der Waals surface area contributed by atoms with Gasteiger partial charge in [-0.2, -0.15) is 0 Å². The average molecular weight is 300 g/mol. The Morgan fingerprint density at radius 3 is 2.82 bits per heavy atom. The van der Waals surface area contributed by atoms with Gasteiger partial charge in [0.15, 0.2) is 0 Å². The lowest BCUT2D eigenvalue weighted by Crippen LogP contribution is -2.26. The van der Waals surface area contributed by atoms with Crippen LogP contribution in [0.15, 0.2) is 6.20 Å². The zero-order valence-electron chi connectivity index (χ0n) is 13.5. The highest BCUT2D eigenvalue weighted by Gasteiger charge is 2.31. The predicted molar refractivity (Wildman–Crippen MR) is 83.2 cm³/mol. The van der Waals surface area contributed by atoms with Crippen LogP contribution in [0, 0.1) is 0 Å². The molecule has 1 aliphatic heterocycles. The fraction of sp³-hybridized carbons (Fsp3) is 0.688. The van der Waals surface area contributed by atoms with E-state index in [0.29, 0.717) is 6.04 Å². The van der Waals surface area contributed by atoms with Crippen molar-refractivity contribution in [1.82, 2.24) is 29.4 Å². The molecule has 0 radical (unpaired) electrons. The number of rotatable bonds is 3. The van der Waals surface area contributed by atoms with Crippen LogP contribution >= 0.6 is 0 Å². The van der Waals surface area contributed by atoms with E-state index in [1.54, 1.807) is 0 Å². The summed E-state index contributed by atoms with van der Waals surface area (Å²) < 4.78 is 4.25. The minimum Gasteiger partial charge on any atom is -0.334 e. The van der Waals surface area contributed by atoms with Gasteiger partial charge in [0, 0.05) is 26.3 Å². The molecule has 0 amide bonds. The molecule has 118 valence electrons. The Morgan fingerprint density at radius 1 is 1.18 bits per heavy atom. The molecule has 1 atom stereocenters. The highest BCUT2D eigenvalue weighted by Crippen LogP contribution is 2.34. The molecule has 1 saturated heterocycles. The van der Waals surface area contributed by atoms with Gasteiger partial charge in [-0.25, -0.2) is 4.98 Å². The summed E-state index contributed by atoms with van der Waals surface area (Å²) in [6.45, 7) is 2.04. The van der Waals surface area contributed by atoms with E-state index in [1.165, 1.54) is 55.0 Å². The topological polar surface area (TPSA) is 51.8 Å². The number of fused-ring (bicyclic) bond motifs is 1. The minimum atomic E-state index is 0.436. The monoisotopic (exact) mass is 300 g/mol. The summed E-state index contributed by atoms with van der Waals surface area (Å²) in [7, 11) is 4.17. The lowest BCUT2D eigenvalue weighted by molar-refractivity contribution is 0.230. The van der Waals surface area contributed by atoms with Gasteiger partial charge >= 0.3 is 0 Å². The maximum Gasteiger partial charge on any atom is 0.126 e. The molecule has 0 aromatic carbocycles. The first kappa shape index (κ1) is 13.9. The van der Waals surface area contributed by atoms with Crippen molar-refractivity contribution in [3.05, 3.63) is 29.1 Å².